The van der Waals surface area contributed by atoms with Crippen LogP contribution in [0.3, 0.4) is 0 Å². The van der Waals surface area contributed by atoms with Crippen molar-refractivity contribution in [3.05, 3.63) is 88.3 Å². The highest BCUT2D eigenvalue weighted by molar-refractivity contribution is 5.99. The topological polar surface area (TPSA) is 139 Å². The Morgan fingerprint density at radius 3 is 1.66 bits per heavy atom. The number of carbonyl (C=O) groups excluding carboxylic acids is 3. The van der Waals surface area contributed by atoms with E-state index in [2.05, 4.69) is 0 Å². The number of benzene rings is 1. The number of rotatable bonds is 9. The second kappa shape index (κ2) is 9.73. The number of nitro groups is 1. The predicted octanol–water partition coefficient (Wildman–Crippen LogP) is 4.19. The molecule has 0 spiro atoms. The number of furan rings is 2. The first-order valence-electron chi connectivity index (χ1n) is 9.48. The number of esters is 2. The van der Waals surface area contributed by atoms with Gasteiger partial charge >= 0.3 is 11.9 Å². The van der Waals surface area contributed by atoms with Crippen molar-refractivity contribution in [2.45, 2.75) is 26.1 Å². The fraction of sp³-hybridized carbons (Fsp3) is 0.227. The summed E-state index contributed by atoms with van der Waals surface area (Å²) in [6, 6.07) is 11.0. The van der Waals surface area contributed by atoms with Crippen molar-refractivity contribution in [3.63, 3.8) is 0 Å². The quantitative estimate of drug-likeness (QED) is 0.207. The summed E-state index contributed by atoms with van der Waals surface area (Å²) in [5, 5.41) is 11.0. The molecule has 166 valence electrons. The number of ketones is 1. The number of Topliss-reactive ketones (excluding diaryl/α,β-unsaturated/α-hetero) is 1. The zero-order chi connectivity index (χ0) is 23.3. The molecule has 3 aromatic rings. The van der Waals surface area contributed by atoms with Crippen LogP contribution in [-0.4, -0.2) is 22.6 Å². The van der Waals surface area contributed by atoms with Crippen LogP contribution >= 0.6 is 0 Å². The Morgan fingerprint density at radius 2 is 1.31 bits per heavy atom. The second-order valence-corrected chi connectivity index (χ2v) is 6.78. The van der Waals surface area contributed by atoms with E-state index in [-0.39, 0.29) is 22.8 Å². The Hall–Kier alpha value is -4.21. The molecule has 2 heterocycles. The molecular weight excluding hydrogens is 422 g/mol. The minimum atomic E-state index is -1.32. The number of non-ortho nitro benzene ring substituents is 1. The highest BCUT2D eigenvalue weighted by atomic mass is 16.6. The largest absolute Gasteiger partial charge is 0.465 e. The molecule has 0 aliphatic rings. The van der Waals surface area contributed by atoms with Gasteiger partial charge in [0.2, 0.25) is 0 Å². The molecule has 0 amide bonds. The summed E-state index contributed by atoms with van der Waals surface area (Å²) < 4.78 is 21.6. The van der Waals surface area contributed by atoms with Crippen molar-refractivity contribution in [1.82, 2.24) is 0 Å². The molecule has 0 aliphatic heterocycles. The third-order valence-electron chi connectivity index (χ3n) is 4.55. The van der Waals surface area contributed by atoms with Crippen molar-refractivity contribution in [3.8, 4) is 0 Å². The van der Waals surface area contributed by atoms with Gasteiger partial charge in [0.15, 0.2) is 18.0 Å². The van der Waals surface area contributed by atoms with Gasteiger partial charge in [0.1, 0.15) is 17.4 Å². The van der Waals surface area contributed by atoms with E-state index in [1.54, 1.807) is 12.1 Å². The molecule has 2 atom stereocenters. The smallest absolute Gasteiger partial charge is 0.303 e. The van der Waals surface area contributed by atoms with Gasteiger partial charge in [0.05, 0.1) is 17.4 Å². The minimum Gasteiger partial charge on any atom is -0.465 e. The number of hydrogen-bond acceptors (Lipinski definition) is 9. The van der Waals surface area contributed by atoms with Gasteiger partial charge in [-0.25, -0.2) is 0 Å². The molecule has 32 heavy (non-hydrogen) atoms. The summed E-state index contributed by atoms with van der Waals surface area (Å²) in [6.45, 7) is 2.33. The van der Waals surface area contributed by atoms with Gasteiger partial charge in [0.25, 0.3) is 5.69 Å². The third-order valence-corrected chi connectivity index (χ3v) is 4.55. The molecule has 0 saturated heterocycles. The normalized spacial score (nSPS) is 12.7. The average Bonchev–Trinajstić information content (AvgIpc) is 3.46. The fourth-order valence-electron chi connectivity index (χ4n) is 3.25. The molecule has 10 heteroatoms. The lowest BCUT2D eigenvalue weighted by Gasteiger charge is -2.29. The monoisotopic (exact) mass is 441 g/mol. The van der Waals surface area contributed by atoms with E-state index in [9.17, 15) is 24.5 Å². The molecule has 0 fully saturated rings. The van der Waals surface area contributed by atoms with Crippen LogP contribution in [0.1, 0.15) is 47.9 Å². The Balaban J connectivity index is 2.14. The van der Waals surface area contributed by atoms with Crippen LogP contribution in [0.5, 0.6) is 0 Å². The highest BCUT2D eigenvalue weighted by Gasteiger charge is 2.44. The van der Waals surface area contributed by atoms with Crippen LogP contribution in [-0.2, 0) is 19.1 Å². The van der Waals surface area contributed by atoms with Gasteiger partial charge in [-0.05, 0) is 36.4 Å². The van der Waals surface area contributed by atoms with Gasteiger partial charge in [-0.2, -0.15) is 0 Å². The fourth-order valence-corrected chi connectivity index (χ4v) is 3.25. The van der Waals surface area contributed by atoms with Crippen LogP contribution < -0.4 is 0 Å². The standard InChI is InChI=1S/C22H19NO9/c1-13(24)31-21(17-5-3-11-29-17)19(22(32-14(2)25)18-6-4-12-30-18)20(26)15-7-9-16(10-8-15)23(27)28/h3-12,19,21-22H,1-2H3/t21-,22-/m0/s1. The van der Waals surface area contributed by atoms with Crippen LogP contribution in [0.2, 0.25) is 0 Å². The first-order valence-corrected chi connectivity index (χ1v) is 9.48. The molecule has 10 nitrogen and oxygen atoms in total. The summed E-state index contributed by atoms with van der Waals surface area (Å²) in [6.07, 6.45) is 0.124. The minimum absolute atomic E-state index is 0.0769. The zero-order valence-corrected chi connectivity index (χ0v) is 17.1. The summed E-state index contributed by atoms with van der Waals surface area (Å²) >= 11 is 0. The summed E-state index contributed by atoms with van der Waals surface area (Å²) in [7, 11) is 0. The molecule has 0 bridgehead atoms. The van der Waals surface area contributed by atoms with Gasteiger partial charge in [-0.3, -0.25) is 24.5 Å². The van der Waals surface area contributed by atoms with E-state index >= 15 is 0 Å². The lowest BCUT2D eigenvalue weighted by molar-refractivity contribution is -0.384. The van der Waals surface area contributed by atoms with Crippen LogP contribution in [0.25, 0.3) is 0 Å². The van der Waals surface area contributed by atoms with E-state index < -0.39 is 40.8 Å². The Bertz CT molecular complexity index is 1030. The highest BCUT2D eigenvalue weighted by Crippen LogP contribution is 2.41. The van der Waals surface area contributed by atoms with Gasteiger partial charge in [-0.1, -0.05) is 0 Å². The van der Waals surface area contributed by atoms with Gasteiger partial charge in [0, 0.05) is 31.5 Å². The zero-order valence-electron chi connectivity index (χ0n) is 17.1. The SMILES string of the molecule is CC(=O)O[C@@H](c1ccco1)C(C(=O)c1ccc([N+](=O)[O-])cc1)[C@@H](OC(C)=O)c1ccco1. The number of hydrogen-bond donors (Lipinski definition) is 0. The van der Waals surface area contributed by atoms with Gasteiger partial charge < -0.3 is 18.3 Å². The average molecular weight is 441 g/mol. The number of nitrogens with zero attached hydrogens (tertiary/aromatic N) is 1. The molecule has 0 N–H and O–H groups in total. The predicted molar refractivity (Wildman–Crippen MR) is 107 cm³/mol. The number of carbonyl (C=O) groups is 3. The maximum Gasteiger partial charge on any atom is 0.303 e. The molecule has 3 rings (SSSR count). The molecule has 0 unspecified atom stereocenters. The Kier molecular flexibility index (Phi) is 6.83. The lowest BCUT2D eigenvalue weighted by Crippen LogP contribution is -2.33. The van der Waals surface area contributed by atoms with Crippen molar-refractivity contribution in [2.24, 2.45) is 5.92 Å². The first-order chi connectivity index (χ1) is 15.3. The van der Waals surface area contributed by atoms with E-state index in [1.807, 2.05) is 0 Å². The molecule has 0 radical (unpaired) electrons. The van der Waals surface area contributed by atoms with Crippen LogP contribution in [0.15, 0.2) is 69.9 Å². The molecule has 0 saturated carbocycles. The summed E-state index contributed by atoms with van der Waals surface area (Å²) in [4.78, 5) is 47.8. The van der Waals surface area contributed by atoms with E-state index in [4.69, 9.17) is 18.3 Å². The molecule has 1 aromatic carbocycles. The Labute approximate surface area is 181 Å². The maximum atomic E-state index is 13.6. The van der Waals surface area contributed by atoms with E-state index in [0.717, 1.165) is 13.8 Å². The van der Waals surface area contributed by atoms with Gasteiger partial charge in [-0.15, -0.1) is 0 Å². The van der Waals surface area contributed by atoms with Crippen molar-refractivity contribution < 1.29 is 37.6 Å². The lowest BCUT2D eigenvalue weighted by atomic mass is 9.85. The molecule has 2 aromatic heterocycles. The van der Waals surface area contributed by atoms with Crippen molar-refractivity contribution in [1.29, 1.82) is 0 Å². The van der Waals surface area contributed by atoms with E-state index in [1.165, 1.54) is 48.9 Å². The summed E-state index contributed by atoms with van der Waals surface area (Å²) in [5.74, 6) is -3.04. The van der Waals surface area contributed by atoms with Crippen molar-refractivity contribution in [2.75, 3.05) is 0 Å². The molecule has 0 aliphatic carbocycles. The summed E-state index contributed by atoms with van der Waals surface area (Å²) in [5.41, 5.74) is -0.128. The van der Waals surface area contributed by atoms with Crippen LogP contribution in [0.4, 0.5) is 5.69 Å². The third kappa shape index (κ3) is 5.09. The number of ether oxygens (including phenoxy) is 2. The Morgan fingerprint density at radius 1 is 0.844 bits per heavy atom. The number of nitro benzene ring substituents is 1. The second-order valence-electron chi connectivity index (χ2n) is 6.78. The van der Waals surface area contributed by atoms with Crippen molar-refractivity contribution >= 4 is 23.4 Å². The first kappa shape index (κ1) is 22.5. The van der Waals surface area contributed by atoms with E-state index in [0.29, 0.717) is 0 Å². The maximum absolute atomic E-state index is 13.6. The van der Waals surface area contributed by atoms with Crippen LogP contribution in [0, 0.1) is 16.0 Å². The molecular formula is C22H19NO9.